The summed E-state index contributed by atoms with van der Waals surface area (Å²) in [6.45, 7) is -0.450. The van der Waals surface area contributed by atoms with E-state index in [-0.39, 0.29) is 0 Å². The molecule has 0 spiro atoms. The Kier molecular flexibility index (Phi) is 5.90. The lowest BCUT2D eigenvalue weighted by Gasteiger charge is -2.22. The lowest BCUT2D eigenvalue weighted by Crippen LogP contribution is -2.35. The van der Waals surface area contributed by atoms with Crippen LogP contribution in [0, 0.1) is 11.7 Å². The minimum Gasteiger partial charge on any atom is -0.495 e. The van der Waals surface area contributed by atoms with Crippen LogP contribution in [0.15, 0.2) is 24.5 Å². The molecule has 0 bridgehead atoms. The van der Waals surface area contributed by atoms with Gasteiger partial charge in [-0.15, -0.1) is 0 Å². The number of carbonyl (C=O) groups excluding carboxylic acids is 1. The van der Waals surface area contributed by atoms with E-state index in [2.05, 4.69) is 25.6 Å². The standard InChI is InChI=1S/C21H21F4N5O2/c1-32-16-5-3-12(22)9-15(16)30-19-17-13-8-11(20(31)26-7-6-21(23,24)25)2-4-14(13)29-18(17)27-10-28-19/h3,5,9-11H,2,4,6-8H2,1H3,(H,26,31)(H2,27,28,29,30)/t11-/m0/s1. The van der Waals surface area contributed by atoms with Crippen LogP contribution >= 0.6 is 0 Å². The van der Waals surface area contributed by atoms with E-state index in [4.69, 9.17) is 4.74 Å². The number of halogens is 4. The molecule has 32 heavy (non-hydrogen) atoms. The maximum Gasteiger partial charge on any atom is 0.390 e. The normalized spacial score (nSPS) is 16.0. The van der Waals surface area contributed by atoms with Gasteiger partial charge in [0.1, 0.15) is 29.4 Å². The Balaban J connectivity index is 1.60. The van der Waals surface area contributed by atoms with Crippen LogP contribution in [0.5, 0.6) is 5.75 Å². The third kappa shape index (κ3) is 4.61. The lowest BCUT2D eigenvalue weighted by atomic mass is 9.86. The van der Waals surface area contributed by atoms with E-state index in [9.17, 15) is 22.4 Å². The van der Waals surface area contributed by atoms with Gasteiger partial charge >= 0.3 is 6.18 Å². The van der Waals surface area contributed by atoms with Gasteiger partial charge < -0.3 is 20.4 Å². The van der Waals surface area contributed by atoms with Crippen molar-refractivity contribution in [1.82, 2.24) is 20.3 Å². The number of aromatic nitrogens is 3. The van der Waals surface area contributed by atoms with Crippen molar-refractivity contribution in [2.75, 3.05) is 19.0 Å². The summed E-state index contributed by atoms with van der Waals surface area (Å²) < 4.78 is 56.2. The highest BCUT2D eigenvalue weighted by Gasteiger charge is 2.31. The Morgan fingerprint density at radius 2 is 2.12 bits per heavy atom. The zero-order valence-corrected chi connectivity index (χ0v) is 17.1. The first-order valence-corrected chi connectivity index (χ1v) is 10.0. The second-order valence-electron chi connectivity index (χ2n) is 7.59. The number of benzene rings is 1. The highest BCUT2D eigenvalue weighted by atomic mass is 19.4. The summed E-state index contributed by atoms with van der Waals surface area (Å²) in [6, 6.07) is 4.05. The molecule has 0 aliphatic heterocycles. The summed E-state index contributed by atoms with van der Waals surface area (Å²) >= 11 is 0. The van der Waals surface area contributed by atoms with Crippen molar-refractivity contribution in [2.45, 2.75) is 31.9 Å². The van der Waals surface area contributed by atoms with Crippen LogP contribution in [-0.2, 0) is 17.6 Å². The molecule has 0 saturated carbocycles. The predicted octanol–water partition coefficient (Wildman–Crippen LogP) is 4.02. The fourth-order valence-corrected chi connectivity index (χ4v) is 3.94. The van der Waals surface area contributed by atoms with Crippen molar-refractivity contribution < 1.29 is 27.1 Å². The highest BCUT2D eigenvalue weighted by molar-refractivity contribution is 5.94. The molecule has 2 heterocycles. The number of aryl methyl sites for hydroxylation is 1. The second-order valence-corrected chi connectivity index (χ2v) is 7.59. The molecular weight excluding hydrogens is 430 g/mol. The number of carbonyl (C=O) groups is 1. The summed E-state index contributed by atoms with van der Waals surface area (Å²) in [4.78, 5) is 24.2. The number of anilines is 2. The minimum atomic E-state index is -4.32. The second kappa shape index (κ2) is 8.64. The average molecular weight is 451 g/mol. The molecule has 1 aromatic carbocycles. The van der Waals surface area contributed by atoms with Crippen molar-refractivity contribution >= 4 is 28.4 Å². The van der Waals surface area contributed by atoms with Gasteiger partial charge in [-0.3, -0.25) is 4.79 Å². The molecule has 2 aromatic heterocycles. The molecule has 3 N–H and O–H groups in total. The SMILES string of the molecule is COc1ccc(F)cc1Nc1ncnc2[nH]c3c(c12)C[C@@H](C(=O)NCCC(F)(F)F)CC3. The zero-order valence-electron chi connectivity index (χ0n) is 17.1. The fraction of sp³-hybridized carbons (Fsp3) is 0.381. The summed E-state index contributed by atoms with van der Waals surface area (Å²) in [6.07, 6.45) is -2.65. The number of rotatable bonds is 6. The first kappa shape index (κ1) is 21.8. The topological polar surface area (TPSA) is 91.9 Å². The number of methoxy groups -OCH3 is 1. The number of H-pyrrole nitrogens is 1. The van der Waals surface area contributed by atoms with Crippen LogP contribution < -0.4 is 15.4 Å². The molecule has 11 heteroatoms. The van der Waals surface area contributed by atoms with E-state index in [1.54, 1.807) is 0 Å². The van der Waals surface area contributed by atoms with Crippen LogP contribution in [0.2, 0.25) is 0 Å². The molecule has 1 atom stereocenters. The minimum absolute atomic E-state index is 0.329. The lowest BCUT2D eigenvalue weighted by molar-refractivity contribution is -0.136. The van der Waals surface area contributed by atoms with Gasteiger partial charge in [0.05, 0.1) is 24.6 Å². The predicted molar refractivity (Wildman–Crippen MR) is 109 cm³/mol. The molecule has 0 unspecified atom stereocenters. The van der Waals surface area contributed by atoms with Crippen molar-refractivity contribution in [3.8, 4) is 5.75 Å². The Hall–Kier alpha value is -3.37. The average Bonchev–Trinajstić information content (AvgIpc) is 3.11. The summed E-state index contributed by atoms with van der Waals surface area (Å²) in [5, 5.41) is 6.11. The molecule has 4 rings (SSSR count). The number of alkyl halides is 3. The van der Waals surface area contributed by atoms with E-state index < -0.39 is 36.8 Å². The van der Waals surface area contributed by atoms with Gasteiger partial charge in [-0.1, -0.05) is 0 Å². The van der Waals surface area contributed by atoms with E-state index in [1.165, 1.54) is 31.6 Å². The van der Waals surface area contributed by atoms with Crippen LogP contribution in [0.1, 0.15) is 24.1 Å². The Morgan fingerprint density at radius 1 is 1.31 bits per heavy atom. The smallest absolute Gasteiger partial charge is 0.390 e. The van der Waals surface area contributed by atoms with Crippen LogP contribution in [0.25, 0.3) is 11.0 Å². The van der Waals surface area contributed by atoms with Crippen molar-refractivity contribution in [3.05, 3.63) is 41.6 Å². The van der Waals surface area contributed by atoms with E-state index in [1.807, 2.05) is 0 Å². The largest absolute Gasteiger partial charge is 0.495 e. The Bertz CT molecular complexity index is 1150. The van der Waals surface area contributed by atoms with Gasteiger partial charge in [0, 0.05) is 24.2 Å². The molecular formula is C21H21F4N5O2. The molecule has 1 aliphatic carbocycles. The number of aromatic amines is 1. The van der Waals surface area contributed by atoms with Crippen LogP contribution in [0.3, 0.4) is 0 Å². The molecule has 3 aromatic rings. The third-order valence-corrected chi connectivity index (χ3v) is 5.47. The first-order valence-electron chi connectivity index (χ1n) is 10.0. The number of nitrogens with zero attached hydrogens (tertiary/aromatic N) is 2. The number of nitrogens with one attached hydrogen (secondary N) is 3. The summed E-state index contributed by atoms with van der Waals surface area (Å²) in [5.74, 6) is -0.497. The van der Waals surface area contributed by atoms with Gasteiger partial charge in [-0.2, -0.15) is 13.2 Å². The van der Waals surface area contributed by atoms with Crippen LogP contribution in [0.4, 0.5) is 29.1 Å². The van der Waals surface area contributed by atoms with Gasteiger partial charge in [0.15, 0.2) is 0 Å². The number of hydrogen-bond acceptors (Lipinski definition) is 5. The number of hydrogen-bond donors (Lipinski definition) is 3. The Morgan fingerprint density at radius 3 is 2.88 bits per heavy atom. The van der Waals surface area contributed by atoms with Crippen molar-refractivity contribution in [1.29, 1.82) is 0 Å². The Labute approximate surface area is 180 Å². The van der Waals surface area contributed by atoms with Gasteiger partial charge in [0.2, 0.25) is 5.91 Å². The van der Waals surface area contributed by atoms with Crippen LogP contribution in [-0.4, -0.2) is 40.7 Å². The van der Waals surface area contributed by atoms with Gasteiger partial charge in [-0.25, -0.2) is 14.4 Å². The maximum absolute atomic E-state index is 13.8. The molecule has 0 radical (unpaired) electrons. The number of fused-ring (bicyclic) bond motifs is 3. The van der Waals surface area contributed by atoms with Crippen molar-refractivity contribution in [2.24, 2.45) is 5.92 Å². The number of amides is 1. The van der Waals surface area contributed by atoms with E-state index in [0.717, 1.165) is 11.3 Å². The summed E-state index contributed by atoms with van der Waals surface area (Å²) in [5.41, 5.74) is 2.65. The molecule has 0 saturated heterocycles. The van der Waals surface area contributed by atoms with E-state index in [0.29, 0.717) is 47.6 Å². The van der Waals surface area contributed by atoms with Crippen molar-refractivity contribution in [3.63, 3.8) is 0 Å². The molecule has 0 fully saturated rings. The van der Waals surface area contributed by atoms with Gasteiger partial charge in [-0.05, 0) is 37.0 Å². The first-order chi connectivity index (χ1) is 15.2. The molecule has 1 amide bonds. The fourth-order valence-electron chi connectivity index (χ4n) is 3.94. The number of ether oxygens (including phenoxy) is 1. The quantitative estimate of drug-likeness (QED) is 0.493. The molecule has 170 valence electrons. The van der Waals surface area contributed by atoms with E-state index >= 15 is 0 Å². The monoisotopic (exact) mass is 451 g/mol. The summed E-state index contributed by atoms with van der Waals surface area (Å²) in [7, 11) is 1.47. The third-order valence-electron chi connectivity index (χ3n) is 5.47. The molecule has 1 aliphatic rings. The zero-order chi connectivity index (χ0) is 22.9. The van der Waals surface area contributed by atoms with Gasteiger partial charge in [0.25, 0.3) is 0 Å². The maximum atomic E-state index is 13.8. The molecule has 7 nitrogen and oxygen atoms in total. The highest BCUT2D eigenvalue weighted by Crippen LogP contribution is 2.36.